The third-order valence-corrected chi connectivity index (χ3v) is 3.74. The topological polar surface area (TPSA) is 207 Å². The highest BCUT2D eigenvalue weighted by Crippen LogP contribution is 1.95. The van der Waals surface area contributed by atoms with Crippen LogP contribution in [-0.2, 0) is 47.7 Å². The summed E-state index contributed by atoms with van der Waals surface area (Å²) in [4.78, 5) is 67.8. The van der Waals surface area contributed by atoms with Crippen molar-refractivity contribution in [1.82, 2.24) is 15.5 Å². The molecule has 0 spiro atoms. The van der Waals surface area contributed by atoms with Crippen molar-refractivity contribution in [3.05, 3.63) is 0 Å². The highest BCUT2D eigenvalue weighted by atomic mass is 16.5. The second-order valence-corrected chi connectivity index (χ2v) is 6.95. The van der Waals surface area contributed by atoms with E-state index in [4.69, 9.17) is 29.2 Å². The van der Waals surface area contributed by atoms with Gasteiger partial charge in [0.15, 0.2) is 5.78 Å². The van der Waals surface area contributed by atoms with E-state index in [-0.39, 0.29) is 71.0 Å². The van der Waals surface area contributed by atoms with Crippen LogP contribution in [-0.4, -0.2) is 130 Å². The lowest BCUT2D eigenvalue weighted by Gasteiger charge is -2.19. The number of Topliss-reactive ketones (excluding diaryl/α,β-unsaturated/α-hetero) is 1. The Morgan fingerprint density at radius 3 is 1.69 bits per heavy atom. The monoisotopic (exact) mass is 507 g/mol. The van der Waals surface area contributed by atoms with Crippen LogP contribution in [0.4, 0.5) is 0 Å². The molecule has 0 unspecified atom stereocenters. The summed E-state index contributed by atoms with van der Waals surface area (Å²) in [5, 5.41) is 22.4. The summed E-state index contributed by atoms with van der Waals surface area (Å²) in [6.45, 7) is 1.49. The Kier molecular flexibility index (Phi) is 18.4. The molecular weight excluding hydrogens is 474 g/mol. The summed E-state index contributed by atoms with van der Waals surface area (Å²) in [5.74, 6) is -4.88. The Labute approximate surface area is 202 Å². The van der Waals surface area contributed by atoms with Gasteiger partial charge in [0, 0.05) is 13.1 Å². The second-order valence-electron chi connectivity index (χ2n) is 6.95. The van der Waals surface area contributed by atoms with Crippen LogP contribution in [0.5, 0.6) is 0 Å². The molecule has 35 heavy (non-hydrogen) atoms. The summed E-state index contributed by atoms with van der Waals surface area (Å²) in [6.07, 6.45) is -0.923. The van der Waals surface area contributed by atoms with E-state index in [1.165, 1.54) is 6.92 Å². The van der Waals surface area contributed by atoms with E-state index in [0.717, 1.165) is 0 Å². The van der Waals surface area contributed by atoms with Gasteiger partial charge in [-0.05, 0) is 6.92 Å². The molecule has 0 atom stereocenters. The van der Waals surface area contributed by atoms with Gasteiger partial charge in [-0.1, -0.05) is 0 Å². The minimum absolute atomic E-state index is 0.0431. The summed E-state index contributed by atoms with van der Waals surface area (Å²) in [5.41, 5.74) is 0. The zero-order valence-electron chi connectivity index (χ0n) is 19.6. The Morgan fingerprint density at radius 1 is 0.657 bits per heavy atom. The number of nitrogens with one attached hydrogen (secondary N) is 2. The highest BCUT2D eigenvalue weighted by Gasteiger charge is 2.21. The van der Waals surface area contributed by atoms with Crippen LogP contribution in [0.15, 0.2) is 0 Å². The smallest absolute Gasteiger partial charge is 0.323 e. The number of rotatable bonds is 22. The molecule has 0 aliphatic carbocycles. The maximum atomic E-state index is 11.8. The summed E-state index contributed by atoms with van der Waals surface area (Å²) in [7, 11) is 0. The number of nitrogens with zero attached hydrogens (tertiary/aromatic N) is 1. The van der Waals surface area contributed by atoms with Gasteiger partial charge in [0.05, 0.1) is 39.6 Å². The average molecular weight is 507 g/mol. The molecule has 0 radical (unpaired) electrons. The molecule has 0 rings (SSSR count). The average Bonchev–Trinajstić information content (AvgIpc) is 2.75. The fourth-order valence-corrected chi connectivity index (χ4v) is 2.26. The molecule has 0 aromatic carbocycles. The highest BCUT2D eigenvalue weighted by molar-refractivity contribution is 5.96. The van der Waals surface area contributed by atoms with Crippen molar-refractivity contribution in [3.8, 4) is 0 Å². The number of carboxylic acids is 2. The maximum Gasteiger partial charge on any atom is 0.323 e. The van der Waals surface area contributed by atoms with Crippen molar-refractivity contribution in [2.75, 3.05) is 79.0 Å². The number of carboxylic acid groups (broad SMARTS) is 2. The van der Waals surface area contributed by atoms with Gasteiger partial charge in [-0.3, -0.25) is 28.8 Å². The molecule has 0 saturated heterocycles. The van der Waals surface area contributed by atoms with E-state index in [9.17, 15) is 28.8 Å². The van der Waals surface area contributed by atoms with Crippen molar-refractivity contribution < 1.29 is 57.9 Å². The Bertz CT molecular complexity index is 701. The van der Waals surface area contributed by atoms with Crippen LogP contribution >= 0.6 is 0 Å². The van der Waals surface area contributed by atoms with Gasteiger partial charge in [0.25, 0.3) is 0 Å². The fraction of sp³-hybridized carbons (Fsp3) is 0.700. The quantitative estimate of drug-likeness (QED) is 0.0869. The molecule has 0 aromatic heterocycles. The molecule has 4 N–H and O–H groups in total. The lowest BCUT2D eigenvalue weighted by Crippen LogP contribution is -2.44. The lowest BCUT2D eigenvalue weighted by atomic mass is 10.3. The molecule has 3 amide bonds. The van der Waals surface area contributed by atoms with Crippen LogP contribution in [0.2, 0.25) is 0 Å². The number of hydrogen-bond acceptors (Lipinski definition) is 10. The minimum atomic E-state index is -1.43. The minimum Gasteiger partial charge on any atom is -0.481 e. The number of amides is 3. The van der Waals surface area contributed by atoms with E-state index in [1.54, 1.807) is 0 Å². The molecule has 0 saturated carbocycles. The van der Waals surface area contributed by atoms with Gasteiger partial charge in [0.1, 0.15) is 32.7 Å². The second kappa shape index (κ2) is 20.3. The maximum absolute atomic E-state index is 11.8. The molecule has 0 bridgehead atoms. The first kappa shape index (κ1) is 31.9. The van der Waals surface area contributed by atoms with E-state index < -0.39 is 43.3 Å². The van der Waals surface area contributed by atoms with Crippen molar-refractivity contribution >= 4 is 35.4 Å². The SMILES string of the molecule is CC(=O)COCCOCCNC(=O)COCCOCCNC(=O)CN(CC(=O)O)C(=O)CC(=O)O. The van der Waals surface area contributed by atoms with Crippen molar-refractivity contribution in [2.24, 2.45) is 0 Å². The third-order valence-electron chi connectivity index (χ3n) is 3.74. The van der Waals surface area contributed by atoms with Gasteiger partial charge < -0.3 is 44.7 Å². The van der Waals surface area contributed by atoms with Crippen LogP contribution in [0, 0.1) is 0 Å². The number of carbonyl (C=O) groups excluding carboxylic acids is 4. The number of aliphatic carboxylic acids is 2. The standard InChI is InChI=1S/C20H33N3O12/c1-15(24)13-34-8-6-33-5-3-22-17(26)14-35-9-7-32-4-2-21-16(25)11-23(12-20(30)31)18(27)10-19(28)29/h2-14H2,1H3,(H,21,25)(H,22,26)(H,28,29)(H,30,31). The number of hydrogen-bond donors (Lipinski definition) is 4. The van der Waals surface area contributed by atoms with Crippen molar-refractivity contribution in [1.29, 1.82) is 0 Å². The van der Waals surface area contributed by atoms with Gasteiger partial charge in [-0.2, -0.15) is 0 Å². The molecular formula is C20H33N3O12. The summed E-state index contributed by atoms with van der Waals surface area (Å²) >= 11 is 0. The molecule has 15 heteroatoms. The third kappa shape index (κ3) is 21.2. The van der Waals surface area contributed by atoms with Gasteiger partial charge >= 0.3 is 11.9 Å². The molecule has 15 nitrogen and oxygen atoms in total. The number of ketones is 1. The fourth-order valence-electron chi connectivity index (χ4n) is 2.26. The van der Waals surface area contributed by atoms with Crippen molar-refractivity contribution in [2.45, 2.75) is 13.3 Å². The van der Waals surface area contributed by atoms with E-state index in [0.29, 0.717) is 11.5 Å². The van der Waals surface area contributed by atoms with Crippen LogP contribution in [0.1, 0.15) is 13.3 Å². The van der Waals surface area contributed by atoms with Crippen LogP contribution in [0.25, 0.3) is 0 Å². The van der Waals surface area contributed by atoms with Crippen LogP contribution < -0.4 is 10.6 Å². The first-order chi connectivity index (χ1) is 16.6. The van der Waals surface area contributed by atoms with Gasteiger partial charge in [-0.25, -0.2) is 0 Å². The number of ether oxygens (including phenoxy) is 4. The first-order valence-electron chi connectivity index (χ1n) is 10.7. The summed E-state index contributed by atoms with van der Waals surface area (Å²) < 4.78 is 20.6. The normalized spacial score (nSPS) is 10.4. The molecule has 0 aromatic rings. The molecule has 0 aliphatic heterocycles. The Morgan fingerprint density at radius 2 is 1.17 bits per heavy atom. The lowest BCUT2D eigenvalue weighted by molar-refractivity contribution is -0.150. The largest absolute Gasteiger partial charge is 0.481 e. The van der Waals surface area contributed by atoms with E-state index in [1.807, 2.05) is 0 Å². The van der Waals surface area contributed by atoms with Gasteiger partial charge in [0.2, 0.25) is 17.7 Å². The first-order valence-corrected chi connectivity index (χ1v) is 10.7. The zero-order chi connectivity index (χ0) is 26.5. The Hall–Kier alpha value is -3.14. The van der Waals surface area contributed by atoms with E-state index in [2.05, 4.69) is 10.6 Å². The van der Waals surface area contributed by atoms with Gasteiger partial charge in [-0.15, -0.1) is 0 Å². The van der Waals surface area contributed by atoms with Crippen molar-refractivity contribution in [3.63, 3.8) is 0 Å². The Balaban J connectivity index is 3.72. The molecule has 0 aliphatic rings. The molecule has 0 fully saturated rings. The van der Waals surface area contributed by atoms with Crippen LogP contribution in [0.3, 0.4) is 0 Å². The predicted octanol–water partition coefficient (Wildman–Crippen LogP) is -2.74. The molecule has 0 heterocycles. The zero-order valence-corrected chi connectivity index (χ0v) is 19.6. The van der Waals surface area contributed by atoms with E-state index >= 15 is 0 Å². The number of carbonyl (C=O) groups is 6. The molecule has 200 valence electrons. The summed E-state index contributed by atoms with van der Waals surface area (Å²) in [6, 6.07) is 0. The predicted molar refractivity (Wildman–Crippen MR) is 116 cm³/mol.